The summed E-state index contributed by atoms with van der Waals surface area (Å²) in [5, 5.41) is 0. The number of ether oxygens (including phenoxy) is 2. The van der Waals surface area contributed by atoms with E-state index in [0.29, 0.717) is 0 Å². The van der Waals surface area contributed by atoms with Crippen molar-refractivity contribution in [1.29, 1.82) is 0 Å². The Hall–Kier alpha value is -1.35. The number of para-hydroxylation sites is 1. The van der Waals surface area contributed by atoms with Gasteiger partial charge in [-0.15, -0.1) is 0 Å². The maximum absolute atomic E-state index is 12.4. The number of ketones is 1. The van der Waals surface area contributed by atoms with Gasteiger partial charge in [-0.05, 0) is 37.8 Å². The molecule has 2 fully saturated rings. The van der Waals surface area contributed by atoms with Gasteiger partial charge in [-0.1, -0.05) is 37.5 Å². The van der Waals surface area contributed by atoms with Crippen molar-refractivity contribution < 1.29 is 14.3 Å². The maximum Gasteiger partial charge on any atom is 0.173 e. The molecule has 3 nitrogen and oxygen atoms in total. The molecule has 1 atom stereocenters. The summed E-state index contributed by atoms with van der Waals surface area (Å²) in [4.78, 5) is 12.4. The van der Waals surface area contributed by atoms with Gasteiger partial charge >= 0.3 is 0 Å². The molecule has 1 aromatic rings. The smallest absolute Gasteiger partial charge is 0.173 e. The normalized spacial score (nSPS) is 24.7. The molecule has 0 radical (unpaired) electrons. The molecular formula is C18H24O3. The number of rotatable bonds is 4. The number of hydrogen-bond donors (Lipinski definition) is 0. The molecule has 21 heavy (non-hydrogen) atoms. The first-order chi connectivity index (χ1) is 10.3. The van der Waals surface area contributed by atoms with Crippen LogP contribution in [0, 0.1) is 5.92 Å². The fraction of sp³-hybridized carbons (Fsp3) is 0.611. The van der Waals surface area contributed by atoms with Gasteiger partial charge in [-0.2, -0.15) is 0 Å². The number of Topliss-reactive ketones (excluding diaryl/α,β-unsaturated/α-hetero) is 1. The van der Waals surface area contributed by atoms with Gasteiger partial charge in [0.1, 0.15) is 12.4 Å². The molecule has 0 aromatic heterocycles. The van der Waals surface area contributed by atoms with Crippen LogP contribution in [0.3, 0.4) is 0 Å². The Morgan fingerprint density at radius 2 is 1.95 bits per heavy atom. The summed E-state index contributed by atoms with van der Waals surface area (Å²) < 4.78 is 11.7. The van der Waals surface area contributed by atoms with Crippen LogP contribution < -0.4 is 4.74 Å². The van der Waals surface area contributed by atoms with E-state index in [1.807, 2.05) is 30.3 Å². The van der Waals surface area contributed by atoms with E-state index in [-0.39, 0.29) is 23.9 Å². The molecular weight excluding hydrogens is 264 g/mol. The predicted octanol–water partition coefficient (Wildman–Crippen LogP) is 3.76. The molecule has 1 unspecified atom stereocenters. The maximum atomic E-state index is 12.4. The number of carbonyl (C=O) groups excluding carboxylic acids is 1. The second-order valence-corrected chi connectivity index (χ2v) is 6.35. The van der Waals surface area contributed by atoms with Gasteiger partial charge in [-0.3, -0.25) is 4.79 Å². The van der Waals surface area contributed by atoms with Crippen LogP contribution in [0.15, 0.2) is 30.3 Å². The van der Waals surface area contributed by atoms with Crippen molar-refractivity contribution in [2.75, 3.05) is 13.2 Å². The zero-order chi connectivity index (χ0) is 14.5. The quantitative estimate of drug-likeness (QED) is 0.846. The summed E-state index contributed by atoms with van der Waals surface area (Å²) >= 11 is 0. The van der Waals surface area contributed by atoms with E-state index in [4.69, 9.17) is 9.47 Å². The third-order valence-electron chi connectivity index (χ3n) is 4.84. The van der Waals surface area contributed by atoms with E-state index in [2.05, 4.69) is 0 Å². The minimum Gasteiger partial charge on any atom is -0.486 e. The lowest BCUT2D eigenvalue weighted by molar-refractivity contribution is -0.144. The number of benzene rings is 1. The van der Waals surface area contributed by atoms with Crippen LogP contribution in [0.1, 0.15) is 44.9 Å². The average Bonchev–Trinajstić information content (AvgIpc) is 2.54. The molecule has 1 heterocycles. The van der Waals surface area contributed by atoms with E-state index in [0.717, 1.165) is 38.0 Å². The monoisotopic (exact) mass is 288 g/mol. The number of carbonyl (C=O) groups is 1. The van der Waals surface area contributed by atoms with E-state index in [1.165, 1.54) is 19.3 Å². The summed E-state index contributed by atoms with van der Waals surface area (Å²) in [6.07, 6.45) is 7.76. The van der Waals surface area contributed by atoms with Crippen molar-refractivity contribution in [3.8, 4) is 5.75 Å². The van der Waals surface area contributed by atoms with Crippen molar-refractivity contribution >= 4 is 5.78 Å². The lowest BCUT2D eigenvalue weighted by Crippen LogP contribution is -2.44. The standard InChI is InChI=1S/C18H24O3/c19-17(14-20-16-7-3-1-4-8-16)15-9-12-21-18(13-15)10-5-2-6-11-18/h1,3-4,7-8,15H,2,5-6,9-14H2. The molecule has 3 heteroatoms. The first kappa shape index (κ1) is 14.6. The highest BCUT2D eigenvalue weighted by molar-refractivity contribution is 5.82. The van der Waals surface area contributed by atoms with Gasteiger partial charge in [0.05, 0.1) is 5.60 Å². The van der Waals surface area contributed by atoms with Crippen LogP contribution in [0.4, 0.5) is 0 Å². The van der Waals surface area contributed by atoms with Crippen LogP contribution in [0.5, 0.6) is 5.75 Å². The second kappa shape index (κ2) is 6.61. The van der Waals surface area contributed by atoms with Gasteiger partial charge in [0, 0.05) is 12.5 Å². The Morgan fingerprint density at radius 1 is 1.19 bits per heavy atom. The van der Waals surface area contributed by atoms with E-state index in [1.54, 1.807) is 0 Å². The minimum absolute atomic E-state index is 0.0103. The Labute approximate surface area is 126 Å². The van der Waals surface area contributed by atoms with Gasteiger partial charge in [0.15, 0.2) is 5.78 Å². The largest absolute Gasteiger partial charge is 0.486 e. The third-order valence-corrected chi connectivity index (χ3v) is 4.84. The Morgan fingerprint density at radius 3 is 2.71 bits per heavy atom. The number of hydrogen-bond acceptors (Lipinski definition) is 3. The third kappa shape index (κ3) is 3.65. The Kier molecular flexibility index (Phi) is 4.59. The molecule has 114 valence electrons. The van der Waals surface area contributed by atoms with Crippen LogP contribution in [-0.2, 0) is 9.53 Å². The minimum atomic E-state index is -0.0103. The fourth-order valence-corrected chi connectivity index (χ4v) is 3.64. The molecule has 0 N–H and O–H groups in total. The van der Waals surface area contributed by atoms with E-state index in [9.17, 15) is 4.79 Å². The zero-order valence-electron chi connectivity index (χ0n) is 12.6. The van der Waals surface area contributed by atoms with Gasteiger partial charge in [0.25, 0.3) is 0 Å². The average molecular weight is 288 g/mol. The summed E-state index contributed by atoms with van der Waals surface area (Å²) in [6, 6.07) is 9.57. The van der Waals surface area contributed by atoms with Crippen molar-refractivity contribution in [2.45, 2.75) is 50.5 Å². The molecule has 1 aliphatic heterocycles. The van der Waals surface area contributed by atoms with E-state index < -0.39 is 0 Å². The summed E-state index contributed by atoms with van der Waals surface area (Å²) in [5.41, 5.74) is -0.0103. The van der Waals surface area contributed by atoms with Crippen LogP contribution >= 0.6 is 0 Å². The van der Waals surface area contributed by atoms with Crippen molar-refractivity contribution in [3.05, 3.63) is 30.3 Å². The summed E-state index contributed by atoms with van der Waals surface area (Å²) in [6.45, 7) is 0.909. The Balaban J connectivity index is 1.54. The first-order valence-electron chi connectivity index (χ1n) is 8.12. The van der Waals surface area contributed by atoms with Gasteiger partial charge in [-0.25, -0.2) is 0 Å². The van der Waals surface area contributed by atoms with E-state index >= 15 is 0 Å². The van der Waals surface area contributed by atoms with Gasteiger partial charge in [0.2, 0.25) is 0 Å². The highest BCUT2D eigenvalue weighted by atomic mass is 16.5. The molecule has 0 bridgehead atoms. The SMILES string of the molecule is O=C(COc1ccccc1)C1CCOC2(CCCCC2)C1. The summed E-state index contributed by atoms with van der Waals surface area (Å²) in [5.74, 6) is 1.11. The highest BCUT2D eigenvalue weighted by Gasteiger charge is 2.40. The van der Waals surface area contributed by atoms with Crippen LogP contribution in [0.25, 0.3) is 0 Å². The summed E-state index contributed by atoms with van der Waals surface area (Å²) in [7, 11) is 0. The predicted molar refractivity (Wildman–Crippen MR) is 81.4 cm³/mol. The second-order valence-electron chi connectivity index (χ2n) is 6.35. The topological polar surface area (TPSA) is 35.5 Å². The molecule has 0 amide bonds. The fourth-order valence-electron chi connectivity index (χ4n) is 3.64. The van der Waals surface area contributed by atoms with Gasteiger partial charge < -0.3 is 9.47 Å². The molecule has 1 spiro atoms. The molecule has 1 saturated carbocycles. The van der Waals surface area contributed by atoms with Crippen LogP contribution in [-0.4, -0.2) is 24.6 Å². The molecule has 1 saturated heterocycles. The lowest BCUT2D eigenvalue weighted by Gasteiger charge is -2.43. The molecule has 1 aromatic carbocycles. The van der Waals surface area contributed by atoms with Crippen molar-refractivity contribution in [1.82, 2.24) is 0 Å². The van der Waals surface area contributed by atoms with Crippen molar-refractivity contribution in [3.63, 3.8) is 0 Å². The molecule has 2 aliphatic rings. The molecule has 3 rings (SSSR count). The van der Waals surface area contributed by atoms with Crippen LogP contribution in [0.2, 0.25) is 0 Å². The first-order valence-corrected chi connectivity index (χ1v) is 8.12. The molecule has 1 aliphatic carbocycles. The highest BCUT2D eigenvalue weighted by Crippen LogP contribution is 2.40. The lowest BCUT2D eigenvalue weighted by atomic mass is 9.75. The zero-order valence-corrected chi connectivity index (χ0v) is 12.6. The Bertz CT molecular complexity index is 457. The van der Waals surface area contributed by atoms with Crippen molar-refractivity contribution in [2.24, 2.45) is 5.92 Å².